The van der Waals surface area contributed by atoms with Crippen LogP contribution < -0.4 is 14.2 Å². The second kappa shape index (κ2) is 8.51. The Hall–Kier alpha value is -3.42. The summed E-state index contributed by atoms with van der Waals surface area (Å²) in [7, 11) is 4.83. The Bertz CT molecular complexity index is 915. The minimum absolute atomic E-state index is 0.652. The van der Waals surface area contributed by atoms with E-state index in [1.807, 2.05) is 48.5 Å². The number of hydrogen-bond donors (Lipinski definition) is 1. The van der Waals surface area contributed by atoms with Gasteiger partial charge >= 0.3 is 0 Å². The molecule has 4 nitrogen and oxygen atoms in total. The van der Waals surface area contributed by atoms with Crippen LogP contribution in [-0.2, 0) is 5.60 Å². The Morgan fingerprint density at radius 1 is 0.607 bits per heavy atom. The predicted octanol–water partition coefficient (Wildman–Crippen LogP) is 4.00. The van der Waals surface area contributed by atoms with Crippen molar-refractivity contribution in [1.82, 2.24) is 0 Å². The molecule has 4 heteroatoms. The molecule has 142 valence electrons. The lowest BCUT2D eigenvalue weighted by molar-refractivity contribution is 0.145. The molecule has 0 spiro atoms. The van der Waals surface area contributed by atoms with Crippen molar-refractivity contribution in [3.8, 4) is 29.1 Å². The second-order valence-electron chi connectivity index (χ2n) is 6.15. The van der Waals surface area contributed by atoms with Crippen LogP contribution in [0.4, 0.5) is 0 Å². The number of hydrogen-bond acceptors (Lipinski definition) is 4. The summed E-state index contributed by atoms with van der Waals surface area (Å²) in [6.07, 6.45) is 0. The van der Waals surface area contributed by atoms with Crippen LogP contribution in [0.25, 0.3) is 0 Å². The first-order valence-corrected chi connectivity index (χ1v) is 8.77. The maximum absolute atomic E-state index is 11.6. The van der Waals surface area contributed by atoms with E-state index in [0.717, 1.165) is 11.3 Å². The zero-order chi connectivity index (χ0) is 20.0. The lowest BCUT2D eigenvalue weighted by atomic mass is 9.86. The van der Waals surface area contributed by atoms with Crippen molar-refractivity contribution in [2.24, 2.45) is 0 Å². The van der Waals surface area contributed by atoms with Gasteiger partial charge in [0, 0.05) is 16.7 Å². The van der Waals surface area contributed by atoms with Crippen molar-refractivity contribution in [3.05, 3.63) is 89.5 Å². The molecule has 28 heavy (non-hydrogen) atoms. The molecule has 0 amide bonds. The van der Waals surface area contributed by atoms with Crippen molar-refractivity contribution in [3.63, 3.8) is 0 Å². The summed E-state index contributed by atoms with van der Waals surface area (Å²) in [5.74, 6) is 8.29. The highest BCUT2D eigenvalue weighted by Crippen LogP contribution is 2.31. The van der Waals surface area contributed by atoms with Crippen molar-refractivity contribution in [1.29, 1.82) is 0 Å². The molecule has 0 atom stereocenters. The molecule has 3 aromatic carbocycles. The second-order valence-corrected chi connectivity index (χ2v) is 6.15. The van der Waals surface area contributed by atoms with E-state index in [2.05, 4.69) is 11.8 Å². The predicted molar refractivity (Wildman–Crippen MR) is 109 cm³/mol. The molecule has 0 aromatic heterocycles. The Kier molecular flexibility index (Phi) is 5.88. The van der Waals surface area contributed by atoms with Crippen molar-refractivity contribution < 1.29 is 19.3 Å². The molecular weight excluding hydrogens is 352 g/mol. The van der Waals surface area contributed by atoms with E-state index >= 15 is 0 Å². The quantitative estimate of drug-likeness (QED) is 0.686. The molecule has 0 aliphatic heterocycles. The van der Waals surface area contributed by atoms with E-state index in [1.165, 1.54) is 0 Å². The van der Waals surface area contributed by atoms with Gasteiger partial charge in [0.05, 0.1) is 21.3 Å². The van der Waals surface area contributed by atoms with E-state index < -0.39 is 5.60 Å². The number of benzene rings is 3. The zero-order valence-corrected chi connectivity index (χ0v) is 16.1. The molecule has 0 fully saturated rings. The van der Waals surface area contributed by atoms with Gasteiger partial charge in [-0.1, -0.05) is 36.1 Å². The summed E-state index contributed by atoms with van der Waals surface area (Å²) >= 11 is 0. The molecule has 0 saturated carbocycles. The SMILES string of the molecule is COc1ccc(C#CC(O)(c2ccc(OC)cc2)c2ccc(OC)cc2)cc1. The molecule has 0 saturated heterocycles. The number of rotatable bonds is 5. The summed E-state index contributed by atoms with van der Waals surface area (Å²) < 4.78 is 15.6. The monoisotopic (exact) mass is 374 g/mol. The highest BCUT2D eigenvalue weighted by Gasteiger charge is 2.29. The van der Waals surface area contributed by atoms with E-state index in [0.29, 0.717) is 22.6 Å². The zero-order valence-electron chi connectivity index (χ0n) is 16.1. The summed E-state index contributed by atoms with van der Waals surface area (Å²) in [4.78, 5) is 0. The van der Waals surface area contributed by atoms with Crippen LogP contribution in [-0.4, -0.2) is 26.4 Å². The molecule has 3 rings (SSSR count). The van der Waals surface area contributed by atoms with Crippen LogP contribution in [0.5, 0.6) is 17.2 Å². The lowest BCUT2D eigenvalue weighted by Gasteiger charge is -2.24. The molecule has 0 heterocycles. The van der Waals surface area contributed by atoms with Crippen LogP contribution >= 0.6 is 0 Å². The summed E-state index contributed by atoms with van der Waals surface area (Å²) in [6.45, 7) is 0. The number of aliphatic hydroxyl groups is 1. The van der Waals surface area contributed by atoms with Gasteiger partial charge in [-0.05, 0) is 48.5 Å². The van der Waals surface area contributed by atoms with Crippen LogP contribution in [0, 0.1) is 11.8 Å². The van der Waals surface area contributed by atoms with E-state index in [1.54, 1.807) is 45.6 Å². The molecule has 0 aliphatic carbocycles. The largest absolute Gasteiger partial charge is 0.497 e. The van der Waals surface area contributed by atoms with Gasteiger partial charge in [-0.25, -0.2) is 0 Å². The fourth-order valence-electron chi connectivity index (χ4n) is 2.81. The third-order valence-electron chi connectivity index (χ3n) is 4.49. The molecule has 0 bridgehead atoms. The van der Waals surface area contributed by atoms with Crippen LogP contribution in [0.2, 0.25) is 0 Å². The highest BCUT2D eigenvalue weighted by molar-refractivity contribution is 5.50. The molecular formula is C24H22O4. The van der Waals surface area contributed by atoms with Crippen molar-refractivity contribution >= 4 is 0 Å². The minimum Gasteiger partial charge on any atom is -0.497 e. The van der Waals surface area contributed by atoms with Gasteiger partial charge in [0.1, 0.15) is 17.2 Å². The normalized spacial score (nSPS) is 10.6. The minimum atomic E-state index is -1.49. The van der Waals surface area contributed by atoms with Gasteiger partial charge in [0.25, 0.3) is 0 Å². The molecule has 0 radical (unpaired) electrons. The topological polar surface area (TPSA) is 47.9 Å². The van der Waals surface area contributed by atoms with E-state index in [4.69, 9.17) is 14.2 Å². The fourth-order valence-corrected chi connectivity index (χ4v) is 2.81. The number of ether oxygens (including phenoxy) is 3. The molecule has 1 N–H and O–H groups in total. The van der Waals surface area contributed by atoms with Gasteiger partial charge < -0.3 is 19.3 Å². The number of methoxy groups -OCH3 is 3. The lowest BCUT2D eigenvalue weighted by Crippen LogP contribution is -2.25. The first-order chi connectivity index (χ1) is 13.6. The van der Waals surface area contributed by atoms with Gasteiger partial charge in [0.2, 0.25) is 0 Å². The Labute approximate surface area is 165 Å². The summed E-state index contributed by atoms with van der Waals surface area (Å²) in [5, 5.41) is 11.6. The molecule has 3 aromatic rings. The average molecular weight is 374 g/mol. The summed E-state index contributed by atoms with van der Waals surface area (Å²) in [5.41, 5.74) is 0.596. The van der Waals surface area contributed by atoms with Gasteiger partial charge in [-0.15, -0.1) is 0 Å². The smallest absolute Gasteiger partial charge is 0.177 e. The summed E-state index contributed by atoms with van der Waals surface area (Å²) in [6, 6.07) is 21.8. The average Bonchev–Trinajstić information content (AvgIpc) is 2.78. The van der Waals surface area contributed by atoms with E-state index in [-0.39, 0.29) is 0 Å². The maximum atomic E-state index is 11.6. The highest BCUT2D eigenvalue weighted by atomic mass is 16.5. The standard InChI is InChI=1S/C24H22O4/c1-26-21-10-4-18(5-11-21)16-17-24(25,19-6-12-22(27-2)13-7-19)20-8-14-23(28-3)15-9-20/h4-15,25H,1-3H3. The Balaban J connectivity index is 2.05. The van der Waals surface area contributed by atoms with Crippen LogP contribution in [0.15, 0.2) is 72.8 Å². The maximum Gasteiger partial charge on any atom is 0.177 e. The first kappa shape index (κ1) is 19.3. The third-order valence-corrected chi connectivity index (χ3v) is 4.49. The first-order valence-electron chi connectivity index (χ1n) is 8.77. The van der Waals surface area contributed by atoms with Gasteiger partial charge in [0.15, 0.2) is 5.60 Å². The molecule has 0 aliphatic rings. The third kappa shape index (κ3) is 4.11. The van der Waals surface area contributed by atoms with Crippen molar-refractivity contribution in [2.45, 2.75) is 5.60 Å². The Morgan fingerprint density at radius 3 is 1.32 bits per heavy atom. The van der Waals surface area contributed by atoms with Gasteiger partial charge in [-0.3, -0.25) is 0 Å². The molecule has 0 unspecified atom stereocenters. The van der Waals surface area contributed by atoms with Gasteiger partial charge in [-0.2, -0.15) is 0 Å². The van der Waals surface area contributed by atoms with E-state index in [9.17, 15) is 5.11 Å². The van der Waals surface area contributed by atoms with Crippen LogP contribution in [0.1, 0.15) is 16.7 Å². The van der Waals surface area contributed by atoms with Crippen LogP contribution in [0.3, 0.4) is 0 Å². The fraction of sp³-hybridized carbons (Fsp3) is 0.167. The Morgan fingerprint density at radius 2 is 0.964 bits per heavy atom. The van der Waals surface area contributed by atoms with Crippen molar-refractivity contribution in [2.75, 3.05) is 21.3 Å².